The van der Waals surface area contributed by atoms with Crippen LogP contribution >= 0.6 is 0 Å². The van der Waals surface area contributed by atoms with Crippen LogP contribution in [0.3, 0.4) is 0 Å². The van der Waals surface area contributed by atoms with Crippen LogP contribution in [0.4, 0.5) is 5.82 Å². The third-order valence-electron chi connectivity index (χ3n) is 3.73. The van der Waals surface area contributed by atoms with Crippen LogP contribution in [-0.4, -0.2) is 15.5 Å². The summed E-state index contributed by atoms with van der Waals surface area (Å²) in [6, 6.07) is 6.36. The summed E-state index contributed by atoms with van der Waals surface area (Å²) in [6.45, 7) is 6.21. The molecule has 1 aromatic carbocycles. The molecule has 1 heterocycles. The summed E-state index contributed by atoms with van der Waals surface area (Å²) in [7, 11) is 1.89. The van der Waals surface area contributed by atoms with E-state index in [0.29, 0.717) is 6.42 Å². The van der Waals surface area contributed by atoms with E-state index < -0.39 is 0 Å². The summed E-state index contributed by atoms with van der Waals surface area (Å²) in [6.07, 6.45) is 3.79. The lowest BCUT2D eigenvalue weighted by Gasteiger charge is -2.09. The van der Waals surface area contributed by atoms with Gasteiger partial charge in [-0.1, -0.05) is 30.7 Å². The number of imidazole rings is 1. The van der Waals surface area contributed by atoms with Crippen molar-refractivity contribution in [3.8, 4) is 0 Å². The molecule has 0 aliphatic rings. The zero-order chi connectivity index (χ0) is 15.4. The molecule has 4 heteroatoms. The lowest BCUT2D eigenvalue weighted by atomic mass is 10.0. The minimum Gasteiger partial charge on any atom is -0.320 e. The zero-order valence-electron chi connectivity index (χ0n) is 13.2. The third-order valence-corrected chi connectivity index (χ3v) is 3.73. The molecule has 0 spiro atoms. The van der Waals surface area contributed by atoms with E-state index in [2.05, 4.69) is 42.3 Å². The van der Waals surface area contributed by atoms with E-state index in [-0.39, 0.29) is 5.91 Å². The molecule has 0 unspecified atom stereocenters. The highest BCUT2D eigenvalue weighted by Gasteiger charge is 2.11. The first-order chi connectivity index (χ1) is 10.0. The van der Waals surface area contributed by atoms with Crippen LogP contribution in [-0.2, 0) is 24.7 Å². The number of carbonyl (C=O) groups excluding carboxylic acids is 1. The molecule has 0 atom stereocenters. The molecule has 2 aromatic rings. The number of anilines is 1. The molecule has 0 fully saturated rings. The highest BCUT2D eigenvalue weighted by molar-refractivity contribution is 5.90. The smallest absolute Gasteiger partial charge is 0.225 e. The summed E-state index contributed by atoms with van der Waals surface area (Å²) >= 11 is 0. The first-order valence-corrected chi connectivity index (χ1v) is 7.37. The van der Waals surface area contributed by atoms with Crippen LogP contribution in [0.1, 0.15) is 35.7 Å². The van der Waals surface area contributed by atoms with Crippen molar-refractivity contribution in [3.05, 3.63) is 46.9 Å². The summed E-state index contributed by atoms with van der Waals surface area (Å²) in [4.78, 5) is 16.4. The first kappa shape index (κ1) is 15.3. The van der Waals surface area contributed by atoms with E-state index >= 15 is 0 Å². The van der Waals surface area contributed by atoms with Gasteiger partial charge in [0, 0.05) is 13.5 Å². The Balaban J connectivity index is 1.97. The highest BCUT2D eigenvalue weighted by atomic mass is 16.1. The molecule has 0 aliphatic carbocycles. The minimum absolute atomic E-state index is 0.0354. The van der Waals surface area contributed by atoms with E-state index in [4.69, 9.17) is 0 Å². The fourth-order valence-electron chi connectivity index (χ4n) is 2.47. The quantitative estimate of drug-likeness (QED) is 0.917. The van der Waals surface area contributed by atoms with Gasteiger partial charge in [0.05, 0.1) is 12.0 Å². The van der Waals surface area contributed by atoms with Gasteiger partial charge in [0.15, 0.2) is 0 Å². The molecular formula is C17H23N3O. The number of benzene rings is 1. The molecular weight excluding hydrogens is 262 g/mol. The summed E-state index contributed by atoms with van der Waals surface area (Å²) in [5.74, 6) is 0.844. The van der Waals surface area contributed by atoms with Gasteiger partial charge in [0.2, 0.25) is 5.91 Å². The maximum Gasteiger partial charge on any atom is 0.225 e. The van der Waals surface area contributed by atoms with Gasteiger partial charge in [-0.05, 0) is 37.8 Å². The monoisotopic (exact) mass is 285 g/mol. The van der Waals surface area contributed by atoms with E-state index in [1.807, 2.05) is 18.5 Å². The normalized spacial score (nSPS) is 10.7. The number of aryl methyl sites for hydroxylation is 5. The van der Waals surface area contributed by atoms with Crippen LogP contribution in [0.25, 0.3) is 0 Å². The molecule has 0 aliphatic heterocycles. The second-order valence-electron chi connectivity index (χ2n) is 5.48. The van der Waals surface area contributed by atoms with Gasteiger partial charge in [0.25, 0.3) is 0 Å². The highest BCUT2D eigenvalue weighted by Crippen LogP contribution is 2.16. The average Bonchev–Trinajstić information content (AvgIpc) is 2.78. The topological polar surface area (TPSA) is 46.9 Å². The molecule has 21 heavy (non-hydrogen) atoms. The Morgan fingerprint density at radius 2 is 2.10 bits per heavy atom. The summed E-state index contributed by atoms with van der Waals surface area (Å²) in [5.41, 5.74) is 4.66. The lowest BCUT2D eigenvalue weighted by molar-refractivity contribution is -0.116. The predicted octanol–water partition coefficient (Wildman–Crippen LogP) is 3.17. The number of carbonyl (C=O) groups is 1. The van der Waals surface area contributed by atoms with E-state index in [9.17, 15) is 4.79 Å². The molecule has 1 N–H and O–H groups in total. The molecule has 0 bridgehead atoms. The number of aromatic nitrogens is 2. The van der Waals surface area contributed by atoms with E-state index in [0.717, 1.165) is 24.4 Å². The maximum atomic E-state index is 12.1. The van der Waals surface area contributed by atoms with Gasteiger partial charge >= 0.3 is 0 Å². The Morgan fingerprint density at radius 3 is 2.76 bits per heavy atom. The maximum absolute atomic E-state index is 12.1. The molecule has 0 saturated heterocycles. The van der Waals surface area contributed by atoms with Gasteiger partial charge in [-0.2, -0.15) is 0 Å². The molecule has 0 saturated carbocycles. The van der Waals surface area contributed by atoms with Crippen molar-refractivity contribution in [1.29, 1.82) is 0 Å². The van der Waals surface area contributed by atoms with Crippen molar-refractivity contribution in [3.63, 3.8) is 0 Å². The fraction of sp³-hybridized carbons (Fsp3) is 0.412. The van der Waals surface area contributed by atoms with Crippen molar-refractivity contribution in [2.45, 2.75) is 40.0 Å². The largest absolute Gasteiger partial charge is 0.320 e. The fourth-order valence-corrected chi connectivity index (χ4v) is 2.47. The predicted molar refractivity (Wildman–Crippen MR) is 85.5 cm³/mol. The molecule has 112 valence electrons. The molecule has 0 radical (unpaired) electrons. The molecule has 2 rings (SSSR count). The molecule has 1 aromatic heterocycles. The van der Waals surface area contributed by atoms with Gasteiger partial charge in [-0.3, -0.25) is 4.79 Å². The number of nitrogens with one attached hydrogen (secondary N) is 1. The van der Waals surface area contributed by atoms with Crippen molar-refractivity contribution in [2.24, 2.45) is 7.05 Å². The Hall–Kier alpha value is -2.10. The van der Waals surface area contributed by atoms with Crippen molar-refractivity contribution >= 4 is 11.7 Å². The van der Waals surface area contributed by atoms with Crippen molar-refractivity contribution in [1.82, 2.24) is 9.55 Å². The second-order valence-corrected chi connectivity index (χ2v) is 5.48. The van der Waals surface area contributed by atoms with Crippen LogP contribution in [0, 0.1) is 13.8 Å². The number of hydrogen-bond donors (Lipinski definition) is 1. The van der Waals surface area contributed by atoms with Gasteiger partial charge in [-0.25, -0.2) is 4.98 Å². The number of nitrogens with zero attached hydrogens (tertiary/aromatic N) is 2. The Morgan fingerprint density at radius 1 is 1.33 bits per heavy atom. The Bertz CT molecular complexity index is 643. The first-order valence-electron chi connectivity index (χ1n) is 7.37. The Kier molecular flexibility index (Phi) is 4.78. The van der Waals surface area contributed by atoms with Crippen LogP contribution in [0.15, 0.2) is 24.5 Å². The van der Waals surface area contributed by atoms with Crippen molar-refractivity contribution < 1.29 is 4.79 Å². The lowest BCUT2D eigenvalue weighted by Crippen LogP contribution is -2.16. The number of amides is 1. The Labute approximate surface area is 126 Å². The number of hydrogen-bond acceptors (Lipinski definition) is 2. The van der Waals surface area contributed by atoms with Crippen LogP contribution in [0.2, 0.25) is 0 Å². The summed E-state index contributed by atoms with van der Waals surface area (Å²) in [5, 5.41) is 2.97. The van der Waals surface area contributed by atoms with Crippen LogP contribution in [0.5, 0.6) is 0 Å². The van der Waals surface area contributed by atoms with Crippen LogP contribution < -0.4 is 5.32 Å². The standard InChI is InChI=1S/C17H23N3O/c1-5-15-17(20(4)11-18-15)19-16(21)9-8-14-7-6-12(2)10-13(14)3/h6-7,10-11H,5,8-9H2,1-4H3,(H,19,21). The van der Waals surface area contributed by atoms with Gasteiger partial charge < -0.3 is 9.88 Å². The summed E-state index contributed by atoms with van der Waals surface area (Å²) < 4.78 is 1.86. The number of rotatable bonds is 5. The minimum atomic E-state index is 0.0354. The second kappa shape index (κ2) is 6.57. The molecule has 4 nitrogen and oxygen atoms in total. The van der Waals surface area contributed by atoms with Gasteiger partial charge in [-0.15, -0.1) is 0 Å². The van der Waals surface area contributed by atoms with Gasteiger partial charge in [0.1, 0.15) is 5.82 Å². The van der Waals surface area contributed by atoms with E-state index in [1.54, 1.807) is 6.33 Å². The van der Waals surface area contributed by atoms with Crippen molar-refractivity contribution in [2.75, 3.05) is 5.32 Å². The zero-order valence-corrected chi connectivity index (χ0v) is 13.2. The molecule has 1 amide bonds. The van der Waals surface area contributed by atoms with E-state index in [1.165, 1.54) is 16.7 Å². The average molecular weight is 285 g/mol. The SMILES string of the molecule is CCc1ncn(C)c1NC(=O)CCc1ccc(C)cc1C. The third kappa shape index (κ3) is 3.72.